The molecule has 2 aromatic carbocycles. The Hall–Kier alpha value is -4.58. The molecular weight excluding hydrogens is 583 g/mol. The number of nitrogens with one attached hydrogen (secondary N) is 1. The third-order valence-electron chi connectivity index (χ3n) is 7.93. The van der Waals surface area contributed by atoms with E-state index in [0.29, 0.717) is 31.0 Å². The lowest BCUT2D eigenvalue weighted by atomic mass is 9.87. The lowest BCUT2D eigenvalue weighted by Gasteiger charge is -2.34. The molecule has 1 saturated heterocycles. The van der Waals surface area contributed by atoms with E-state index in [2.05, 4.69) is 70.5 Å². The van der Waals surface area contributed by atoms with E-state index < -0.39 is 17.6 Å². The van der Waals surface area contributed by atoms with Crippen molar-refractivity contribution in [3.8, 4) is 0 Å². The monoisotopic (exact) mass is 619 g/mol. The first kappa shape index (κ1) is 31.8. The van der Waals surface area contributed by atoms with Crippen LogP contribution >= 0.6 is 0 Å². The van der Waals surface area contributed by atoms with Crippen LogP contribution in [0.25, 0.3) is 0 Å². The van der Waals surface area contributed by atoms with Gasteiger partial charge in [-0.15, -0.1) is 5.10 Å². The molecule has 2 amide bonds. The molecule has 1 aliphatic rings. The fraction of sp³-hybridized carbons (Fsp3) is 0.364. The lowest BCUT2D eigenvalue weighted by Crippen LogP contribution is -2.48. The summed E-state index contributed by atoms with van der Waals surface area (Å²) in [4.78, 5) is 34.2. The standard InChI is InChI=1S/C33H36F3N7O2/c1-22-29(31(45)42-17-15-41(16-18-42)20-23-5-8-25(9-6-23)32(2,3)4)39-40-43(22)21-24-7-14-28(37-19-24)30(44)38-27-12-10-26(11-13-27)33(34,35)36/h5-14,19H,15-18,20-21H2,1-4H3,(H,38,44). The van der Waals surface area contributed by atoms with Crippen LogP contribution in [0.4, 0.5) is 18.9 Å². The Morgan fingerprint density at radius 2 is 1.44 bits per heavy atom. The molecule has 0 saturated carbocycles. The largest absolute Gasteiger partial charge is 0.416 e. The number of alkyl halides is 3. The highest BCUT2D eigenvalue weighted by molar-refractivity contribution is 6.02. The van der Waals surface area contributed by atoms with Crippen molar-refractivity contribution in [1.82, 2.24) is 29.8 Å². The number of amides is 2. The number of anilines is 1. The number of hydrogen-bond acceptors (Lipinski definition) is 6. The summed E-state index contributed by atoms with van der Waals surface area (Å²) in [6, 6.07) is 16.1. The normalized spacial score (nSPS) is 14.4. The zero-order valence-electron chi connectivity index (χ0n) is 25.7. The van der Waals surface area contributed by atoms with Crippen molar-refractivity contribution in [2.45, 2.75) is 52.4 Å². The zero-order valence-corrected chi connectivity index (χ0v) is 25.7. The van der Waals surface area contributed by atoms with E-state index in [9.17, 15) is 22.8 Å². The molecule has 1 N–H and O–H groups in total. The van der Waals surface area contributed by atoms with Crippen molar-refractivity contribution in [1.29, 1.82) is 0 Å². The summed E-state index contributed by atoms with van der Waals surface area (Å²) in [6.45, 7) is 12.3. The lowest BCUT2D eigenvalue weighted by molar-refractivity contribution is -0.137. The van der Waals surface area contributed by atoms with Crippen LogP contribution in [0.15, 0.2) is 66.9 Å². The first-order valence-corrected chi connectivity index (χ1v) is 14.7. The number of piperazine rings is 1. The smallest absolute Gasteiger partial charge is 0.335 e. The van der Waals surface area contributed by atoms with E-state index in [1.807, 2.05) is 4.90 Å². The van der Waals surface area contributed by atoms with Gasteiger partial charge in [0.05, 0.1) is 17.8 Å². The van der Waals surface area contributed by atoms with Crippen molar-refractivity contribution < 1.29 is 22.8 Å². The number of carbonyl (C=O) groups is 2. The Kier molecular flexibility index (Phi) is 9.06. The van der Waals surface area contributed by atoms with Gasteiger partial charge in [0.2, 0.25) is 0 Å². The molecule has 12 heteroatoms. The summed E-state index contributed by atoms with van der Waals surface area (Å²) in [7, 11) is 0. The minimum absolute atomic E-state index is 0.103. The predicted octanol–water partition coefficient (Wildman–Crippen LogP) is 5.56. The molecule has 3 heterocycles. The van der Waals surface area contributed by atoms with Crippen molar-refractivity contribution in [3.05, 3.63) is 106 Å². The predicted molar refractivity (Wildman–Crippen MR) is 164 cm³/mol. The van der Waals surface area contributed by atoms with Crippen LogP contribution in [-0.2, 0) is 24.7 Å². The molecule has 1 aliphatic heterocycles. The number of pyridine rings is 1. The SMILES string of the molecule is Cc1c(C(=O)N2CCN(Cc3ccc(C(C)(C)C)cc3)CC2)nnn1Cc1ccc(C(=O)Nc2ccc(C(F)(F)F)cc2)nc1. The number of halogens is 3. The molecule has 1 fully saturated rings. The molecule has 0 atom stereocenters. The highest BCUT2D eigenvalue weighted by Gasteiger charge is 2.30. The van der Waals surface area contributed by atoms with Gasteiger partial charge in [0, 0.05) is 44.6 Å². The highest BCUT2D eigenvalue weighted by atomic mass is 19.4. The van der Waals surface area contributed by atoms with Crippen LogP contribution in [-0.4, -0.2) is 67.8 Å². The molecule has 0 radical (unpaired) electrons. The Balaban J connectivity index is 1.13. The summed E-state index contributed by atoms with van der Waals surface area (Å²) in [5.74, 6) is -0.703. The number of hydrogen-bond donors (Lipinski definition) is 1. The molecule has 0 spiro atoms. The van der Waals surface area contributed by atoms with Crippen LogP contribution in [0.2, 0.25) is 0 Å². The van der Waals surface area contributed by atoms with Crippen LogP contribution in [0.1, 0.15) is 69.7 Å². The Morgan fingerprint density at radius 3 is 2.02 bits per heavy atom. The second kappa shape index (κ2) is 12.8. The van der Waals surface area contributed by atoms with E-state index in [0.717, 1.165) is 37.3 Å². The van der Waals surface area contributed by atoms with Crippen molar-refractivity contribution in [2.24, 2.45) is 0 Å². The molecule has 5 rings (SSSR count). The number of nitrogens with zero attached hydrogens (tertiary/aromatic N) is 6. The van der Waals surface area contributed by atoms with E-state index >= 15 is 0 Å². The zero-order chi connectivity index (χ0) is 32.4. The van der Waals surface area contributed by atoms with Crippen molar-refractivity contribution in [3.63, 3.8) is 0 Å². The van der Waals surface area contributed by atoms with Gasteiger partial charge in [-0.3, -0.25) is 19.5 Å². The number of carbonyl (C=O) groups excluding carboxylic acids is 2. The molecule has 0 unspecified atom stereocenters. The summed E-state index contributed by atoms with van der Waals surface area (Å²) < 4.78 is 39.9. The van der Waals surface area contributed by atoms with E-state index in [1.165, 1.54) is 35.5 Å². The molecule has 0 aliphatic carbocycles. The topological polar surface area (TPSA) is 96.3 Å². The van der Waals surface area contributed by atoms with Gasteiger partial charge in [-0.2, -0.15) is 13.2 Å². The van der Waals surface area contributed by atoms with Crippen LogP contribution in [0.3, 0.4) is 0 Å². The van der Waals surface area contributed by atoms with Crippen LogP contribution < -0.4 is 5.32 Å². The third kappa shape index (κ3) is 7.75. The molecular formula is C33H36F3N7O2. The third-order valence-corrected chi connectivity index (χ3v) is 7.93. The average Bonchev–Trinajstić information content (AvgIpc) is 3.36. The van der Waals surface area contributed by atoms with E-state index in [-0.39, 0.29) is 22.7 Å². The number of benzene rings is 2. The number of rotatable bonds is 7. The molecule has 9 nitrogen and oxygen atoms in total. The summed E-state index contributed by atoms with van der Waals surface area (Å²) in [6.07, 6.45) is -2.94. The van der Waals surface area contributed by atoms with Gasteiger partial charge in [-0.25, -0.2) is 4.68 Å². The average molecular weight is 620 g/mol. The van der Waals surface area contributed by atoms with Gasteiger partial charge in [0.1, 0.15) is 5.69 Å². The Morgan fingerprint density at radius 1 is 0.822 bits per heavy atom. The fourth-order valence-corrected chi connectivity index (χ4v) is 5.10. The van der Waals surface area contributed by atoms with Crippen molar-refractivity contribution >= 4 is 17.5 Å². The summed E-state index contributed by atoms with van der Waals surface area (Å²) in [5.41, 5.74) is 3.88. The van der Waals surface area contributed by atoms with Gasteiger partial charge < -0.3 is 10.2 Å². The maximum Gasteiger partial charge on any atom is 0.416 e. The second-order valence-corrected chi connectivity index (χ2v) is 12.3. The van der Waals surface area contributed by atoms with E-state index in [1.54, 1.807) is 17.7 Å². The van der Waals surface area contributed by atoms with Crippen LogP contribution in [0.5, 0.6) is 0 Å². The Bertz CT molecular complexity index is 1630. The molecule has 0 bridgehead atoms. The molecule has 2 aromatic heterocycles. The van der Waals surface area contributed by atoms with Gasteiger partial charge in [0.15, 0.2) is 5.69 Å². The molecule has 45 heavy (non-hydrogen) atoms. The quantitative estimate of drug-likeness (QED) is 0.291. The Labute approximate surface area is 260 Å². The summed E-state index contributed by atoms with van der Waals surface area (Å²) in [5, 5.41) is 10.9. The van der Waals surface area contributed by atoms with Gasteiger partial charge in [-0.05, 0) is 59.4 Å². The van der Waals surface area contributed by atoms with Gasteiger partial charge >= 0.3 is 6.18 Å². The van der Waals surface area contributed by atoms with Crippen LogP contribution in [0, 0.1) is 6.92 Å². The van der Waals surface area contributed by atoms with Crippen molar-refractivity contribution in [2.75, 3.05) is 31.5 Å². The minimum atomic E-state index is -4.45. The van der Waals surface area contributed by atoms with Gasteiger partial charge in [-0.1, -0.05) is 56.3 Å². The second-order valence-electron chi connectivity index (χ2n) is 12.3. The van der Waals surface area contributed by atoms with E-state index in [4.69, 9.17) is 0 Å². The first-order valence-electron chi connectivity index (χ1n) is 14.7. The minimum Gasteiger partial charge on any atom is -0.335 e. The highest BCUT2D eigenvalue weighted by Crippen LogP contribution is 2.30. The summed E-state index contributed by atoms with van der Waals surface area (Å²) >= 11 is 0. The maximum atomic E-state index is 13.3. The first-order chi connectivity index (χ1) is 21.3. The molecule has 236 valence electrons. The van der Waals surface area contributed by atoms with Gasteiger partial charge in [0.25, 0.3) is 11.8 Å². The molecule has 4 aromatic rings. The maximum absolute atomic E-state index is 13.3. The number of aromatic nitrogens is 4. The fourth-order valence-electron chi connectivity index (χ4n) is 5.10.